The van der Waals surface area contributed by atoms with Gasteiger partial charge in [-0.2, -0.15) is 0 Å². The average molecular weight is 234 g/mol. The van der Waals surface area contributed by atoms with E-state index in [0.29, 0.717) is 0 Å². The Morgan fingerprint density at radius 1 is 1.60 bits per heavy atom. The van der Waals surface area contributed by atoms with Gasteiger partial charge in [-0.3, -0.25) is 0 Å². The Morgan fingerprint density at radius 2 is 2.27 bits per heavy atom. The molecule has 3 N–H and O–H groups in total. The van der Waals surface area contributed by atoms with E-state index in [4.69, 9.17) is 22.1 Å². The van der Waals surface area contributed by atoms with Crippen molar-refractivity contribution in [2.45, 2.75) is 12.5 Å². The van der Waals surface area contributed by atoms with Gasteiger partial charge in [-0.25, -0.2) is 4.39 Å². The van der Waals surface area contributed by atoms with Crippen LogP contribution in [0.5, 0.6) is 5.75 Å². The van der Waals surface area contributed by atoms with Gasteiger partial charge in [0.2, 0.25) is 0 Å². The number of methoxy groups -OCH3 is 1. The van der Waals surface area contributed by atoms with Crippen LogP contribution in [0, 0.1) is 5.82 Å². The maximum atomic E-state index is 13.6. The fraction of sp³-hybridized carbons (Fsp3) is 0.400. The highest BCUT2D eigenvalue weighted by molar-refractivity contribution is 6.30. The van der Waals surface area contributed by atoms with Gasteiger partial charge in [0.1, 0.15) is 5.75 Å². The zero-order valence-electron chi connectivity index (χ0n) is 8.34. The predicted octanol–water partition coefficient (Wildman–Crippen LogP) is 1.87. The number of rotatable bonds is 4. The average Bonchev–Trinajstić information content (AvgIpc) is 2.22. The van der Waals surface area contributed by atoms with Crippen molar-refractivity contribution in [1.29, 1.82) is 0 Å². The Hall–Kier alpha value is -0.840. The fourth-order valence-corrected chi connectivity index (χ4v) is 1.50. The highest BCUT2D eigenvalue weighted by Crippen LogP contribution is 2.33. The van der Waals surface area contributed by atoms with Gasteiger partial charge >= 0.3 is 0 Å². The van der Waals surface area contributed by atoms with E-state index in [-0.39, 0.29) is 29.3 Å². The van der Waals surface area contributed by atoms with Crippen LogP contribution in [0.4, 0.5) is 4.39 Å². The van der Waals surface area contributed by atoms with Crippen molar-refractivity contribution in [1.82, 2.24) is 0 Å². The van der Waals surface area contributed by atoms with Gasteiger partial charge in [0.15, 0.2) is 5.82 Å². The third-order valence-corrected chi connectivity index (χ3v) is 2.38. The van der Waals surface area contributed by atoms with E-state index >= 15 is 0 Å². The maximum Gasteiger partial charge on any atom is 0.151 e. The summed E-state index contributed by atoms with van der Waals surface area (Å²) < 4.78 is 18.6. The second-order valence-electron chi connectivity index (χ2n) is 3.07. The molecule has 3 nitrogen and oxygen atoms in total. The summed E-state index contributed by atoms with van der Waals surface area (Å²) in [7, 11) is 1.40. The van der Waals surface area contributed by atoms with Gasteiger partial charge in [0, 0.05) is 0 Å². The number of benzene rings is 1. The Morgan fingerprint density at radius 3 is 2.80 bits per heavy atom. The van der Waals surface area contributed by atoms with Crippen LogP contribution in [0.1, 0.15) is 18.1 Å². The summed E-state index contributed by atoms with van der Waals surface area (Å²) in [5, 5.41) is 9.64. The van der Waals surface area contributed by atoms with Crippen molar-refractivity contribution in [3.63, 3.8) is 0 Å². The standard InChI is InChI=1S/C10H13ClFNO2/c1-15-8-3-2-6(11)10(12)9(8)7(14)4-5-13/h2-3,7,14H,4-5,13H2,1H3. The van der Waals surface area contributed by atoms with E-state index in [9.17, 15) is 9.50 Å². The molecular weight excluding hydrogens is 221 g/mol. The molecule has 15 heavy (non-hydrogen) atoms. The number of aliphatic hydroxyl groups excluding tert-OH is 1. The molecule has 1 rings (SSSR count). The summed E-state index contributed by atoms with van der Waals surface area (Å²) in [5.41, 5.74) is 5.36. The lowest BCUT2D eigenvalue weighted by Crippen LogP contribution is -2.10. The van der Waals surface area contributed by atoms with E-state index in [1.165, 1.54) is 19.2 Å². The minimum absolute atomic E-state index is 0.0399. The molecule has 1 aromatic rings. The number of aliphatic hydroxyl groups is 1. The molecule has 0 aliphatic rings. The van der Waals surface area contributed by atoms with Gasteiger partial charge in [-0.1, -0.05) is 11.6 Å². The minimum atomic E-state index is -0.997. The van der Waals surface area contributed by atoms with Crippen LogP contribution in [0.3, 0.4) is 0 Å². The quantitative estimate of drug-likeness (QED) is 0.835. The summed E-state index contributed by atoms with van der Waals surface area (Å²) in [6, 6.07) is 2.90. The first-order valence-electron chi connectivity index (χ1n) is 4.51. The molecule has 5 heteroatoms. The van der Waals surface area contributed by atoms with E-state index in [1.54, 1.807) is 0 Å². The summed E-state index contributed by atoms with van der Waals surface area (Å²) >= 11 is 5.61. The normalized spacial score (nSPS) is 12.6. The van der Waals surface area contributed by atoms with Crippen molar-refractivity contribution < 1.29 is 14.2 Å². The molecule has 0 radical (unpaired) electrons. The Labute approximate surface area is 92.6 Å². The molecule has 0 aromatic heterocycles. The lowest BCUT2D eigenvalue weighted by molar-refractivity contribution is 0.161. The zero-order chi connectivity index (χ0) is 11.4. The molecule has 0 fully saturated rings. The predicted molar refractivity (Wildman–Crippen MR) is 56.6 cm³/mol. The van der Waals surface area contributed by atoms with Crippen LogP contribution in [0.15, 0.2) is 12.1 Å². The van der Waals surface area contributed by atoms with Gasteiger partial charge < -0.3 is 15.6 Å². The van der Waals surface area contributed by atoms with Crippen LogP contribution >= 0.6 is 11.6 Å². The molecule has 1 unspecified atom stereocenters. The van der Waals surface area contributed by atoms with Gasteiger partial charge in [-0.05, 0) is 25.1 Å². The largest absolute Gasteiger partial charge is 0.496 e. The van der Waals surface area contributed by atoms with Crippen molar-refractivity contribution in [3.8, 4) is 5.75 Å². The monoisotopic (exact) mass is 233 g/mol. The first-order valence-corrected chi connectivity index (χ1v) is 4.89. The van der Waals surface area contributed by atoms with Crippen LogP contribution in [0.2, 0.25) is 5.02 Å². The van der Waals surface area contributed by atoms with Crippen molar-refractivity contribution in [2.24, 2.45) is 5.73 Å². The summed E-state index contributed by atoms with van der Waals surface area (Å²) in [6.45, 7) is 0.260. The second-order valence-corrected chi connectivity index (χ2v) is 3.48. The van der Waals surface area contributed by atoms with E-state index in [1.807, 2.05) is 0 Å². The topological polar surface area (TPSA) is 55.5 Å². The number of ether oxygens (including phenoxy) is 1. The van der Waals surface area contributed by atoms with Crippen molar-refractivity contribution >= 4 is 11.6 Å². The Bertz CT molecular complexity index is 346. The van der Waals surface area contributed by atoms with Crippen LogP contribution in [0.25, 0.3) is 0 Å². The van der Waals surface area contributed by atoms with Gasteiger partial charge in [0.05, 0.1) is 23.8 Å². The smallest absolute Gasteiger partial charge is 0.151 e. The molecule has 1 aromatic carbocycles. The molecule has 0 amide bonds. The first-order chi connectivity index (χ1) is 7.11. The molecule has 0 spiro atoms. The van der Waals surface area contributed by atoms with E-state index < -0.39 is 11.9 Å². The Kier molecular flexibility index (Phi) is 4.32. The summed E-state index contributed by atoms with van der Waals surface area (Å²) in [5.74, 6) is -0.380. The molecule has 0 aliphatic heterocycles. The second kappa shape index (κ2) is 5.30. The zero-order valence-corrected chi connectivity index (χ0v) is 9.09. The number of nitrogens with two attached hydrogens (primary N) is 1. The molecule has 0 saturated carbocycles. The lowest BCUT2D eigenvalue weighted by atomic mass is 10.0. The molecule has 0 aliphatic carbocycles. The third kappa shape index (κ3) is 2.59. The summed E-state index contributed by atoms with van der Waals surface area (Å²) in [6.07, 6.45) is -0.739. The van der Waals surface area contributed by atoms with Crippen molar-refractivity contribution in [3.05, 3.63) is 28.5 Å². The lowest BCUT2D eigenvalue weighted by Gasteiger charge is -2.15. The maximum absolute atomic E-state index is 13.6. The minimum Gasteiger partial charge on any atom is -0.496 e. The Balaban J connectivity index is 3.17. The molecular formula is C10H13ClFNO2. The highest BCUT2D eigenvalue weighted by atomic mass is 35.5. The number of hydrogen-bond acceptors (Lipinski definition) is 3. The molecule has 1 atom stereocenters. The molecule has 84 valence electrons. The fourth-order valence-electron chi connectivity index (χ4n) is 1.34. The molecule has 0 bridgehead atoms. The first kappa shape index (κ1) is 12.2. The number of halogens is 2. The van der Waals surface area contributed by atoms with Crippen LogP contribution in [-0.4, -0.2) is 18.8 Å². The SMILES string of the molecule is COc1ccc(Cl)c(F)c1C(O)CCN. The number of hydrogen-bond donors (Lipinski definition) is 2. The highest BCUT2D eigenvalue weighted by Gasteiger charge is 2.19. The van der Waals surface area contributed by atoms with Gasteiger partial charge in [0.25, 0.3) is 0 Å². The van der Waals surface area contributed by atoms with Crippen LogP contribution < -0.4 is 10.5 Å². The molecule has 0 saturated heterocycles. The van der Waals surface area contributed by atoms with E-state index in [2.05, 4.69) is 0 Å². The van der Waals surface area contributed by atoms with Crippen molar-refractivity contribution in [2.75, 3.05) is 13.7 Å². The third-order valence-electron chi connectivity index (χ3n) is 2.09. The molecule has 0 heterocycles. The van der Waals surface area contributed by atoms with E-state index in [0.717, 1.165) is 0 Å². The summed E-state index contributed by atoms with van der Waals surface area (Å²) in [4.78, 5) is 0. The van der Waals surface area contributed by atoms with Gasteiger partial charge in [-0.15, -0.1) is 0 Å². The van der Waals surface area contributed by atoms with Crippen LogP contribution in [-0.2, 0) is 0 Å².